The van der Waals surface area contributed by atoms with Crippen LogP contribution in [0.15, 0.2) is 30.9 Å². The summed E-state index contributed by atoms with van der Waals surface area (Å²) in [6, 6.07) is 3.94. The molecule has 0 amide bonds. The summed E-state index contributed by atoms with van der Waals surface area (Å²) in [5.74, 6) is -0.593. The smallest absolute Gasteiger partial charge is 0.229 e. The van der Waals surface area contributed by atoms with Gasteiger partial charge in [0.1, 0.15) is 18.3 Å². The average molecular weight is 256 g/mol. The van der Waals surface area contributed by atoms with Crippen molar-refractivity contribution in [2.75, 3.05) is 11.0 Å². The number of aromatic nitrogens is 3. The van der Waals surface area contributed by atoms with Crippen LogP contribution in [0.25, 0.3) is 5.69 Å². The second-order valence-corrected chi connectivity index (χ2v) is 5.13. The van der Waals surface area contributed by atoms with E-state index in [-0.39, 0.29) is 11.4 Å². The van der Waals surface area contributed by atoms with Gasteiger partial charge in [-0.25, -0.2) is 22.5 Å². The highest BCUT2D eigenvalue weighted by atomic mass is 32.2. The van der Waals surface area contributed by atoms with E-state index in [1.165, 1.54) is 29.5 Å². The van der Waals surface area contributed by atoms with Crippen molar-refractivity contribution in [3.8, 4) is 5.69 Å². The van der Waals surface area contributed by atoms with E-state index in [0.29, 0.717) is 0 Å². The Balaban J connectivity index is 2.36. The zero-order valence-corrected chi connectivity index (χ0v) is 9.65. The minimum Gasteiger partial charge on any atom is -0.284 e. The van der Waals surface area contributed by atoms with Gasteiger partial charge in [0.25, 0.3) is 0 Å². The monoisotopic (exact) mass is 256 g/mol. The molecule has 0 saturated carbocycles. The summed E-state index contributed by atoms with van der Waals surface area (Å²) in [5.41, 5.74) is 0.357. The third-order valence-corrected chi connectivity index (χ3v) is 2.52. The van der Waals surface area contributed by atoms with Gasteiger partial charge in [0.15, 0.2) is 5.82 Å². The Labute approximate surface area is 97.2 Å². The van der Waals surface area contributed by atoms with Crippen molar-refractivity contribution in [1.82, 2.24) is 14.8 Å². The lowest BCUT2D eigenvalue weighted by Crippen LogP contribution is -2.10. The molecule has 1 aromatic heterocycles. The van der Waals surface area contributed by atoms with Crippen molar-refractivity contribution in [2.24, 2.45) is 0 Å². The molecule has 0 radical (unpaired) electrons. The van der Waals surface area contributed by atoms with Crippen LogP contribution in [-0.2, 0) is 10.0 Å². The second-order valence-electron chi connectivity index (χ2n) is 3.38. The summed E-state index contributed by atoms with van der Waals surface area (Å²) in [6.07, 6.45) is 3.63. The molecule has 0 spiro atoms. The number of sulfonamides is 1. The predicted octanol–water partition coefficient (Wildman–Crippen LogP) is 0.778. The Morgan fingerprint density at radius 3 is 2.71 bits per heavy atom. The van der Waals surface area contributed by atoms with E-state index in [4.69, 9.17) is 0 Å². The standard InChI is InChI=1S/C9H9FN4O2S/c1-17(15,16)13-7-2-3-9(8(10)4-7)14-6-11-5-12-14/h2-6,13H,1H3. The predicted molar refractivity (Wildman–Crippen MR) is 59.8 cm³/mol. The highest BCUT2D eigenvalue weighted by molar-refractivity contribution is 7.92. The SMILES string of the molecule is CS(=O)(=O)Nc1ccc(-n2cncn2)c(F)c1. The highest BCUT2D eigenvalue weighted by Gasteiger charge is 2.08. The van der Waals surface area contributed by atoms with E-state index in [1.54, 1.807) is 0 Å². The number of nitrogens with one attached hydrogen (secondary N) is 1. The molecular formula is C9H9FN4O2S. The molecule has 0 unspecified atom stereocenters. The van der Waals surface area contributed by atoms with Crippen molar-refractivity contribution >= 4 is 15.7 Å². The Morgan fingerprint density at radius 1 is 1.41 bits per heavy atom. The first-order valence-electron chi connectivity index (χ1n) is 4.58. The molecule has 0 saturated heterocycles. The quantitative estimate of drug-likeness (QED) is 0.880. The van der Waals surface area contributed by atoms with Crippen LogP contribution in [0, 0.1) is 5.82 Å². The first-order chi connectivity index (χ1) is 7.96. The Kier molecular flexibility index (Phi) is 2.80. The fourth-order valence-electron chi connectivity index (χ4n) is 1.30. The summed E-state index contributed by atoms with van der Waals surface area (Å²) in [4.78, 5) is 3.70. The summed E-state index contributed by atoms with van der Waals surface area (Å²) < 4.78 is 39.0. The summed E-state index contributed by atoms with van der Waals surface area (Å²) in [7, 11) is -3.41. The molecule has 0 aliphatic carbocycles. The number of halogens is 1. The number of nitrogens with zero attached hydrogens (tertiary/aromatic N) is 3. The van der Waals surface area contributed by atoms with Gasteiger partial charge in [-0.15, -0.1) is 0 Å². The van der Waals surface area contributed by atoms with Crippen LogP contribution in [0.1, 0.15) is 0 Å². The number of benzene rings is 1. The van der Waals surface area contributed by atoms with E-state index < -0.39 is 15.8 Å². The minimum absolute atomic E-state index is 0.161. The molecule has 1 N–H and O–H groups in total. The maximum atomic E-state index is 13.7. The molecule has 2 rings (SSSR count). The van der Waals surface area contributed by atoms with Gasteiger partial charge in [0.05, 0.1) is 11.9 Å². The van der Waals surface area contributed by atoms with Gasteiger partial charge >= 0.3 is 0 Å². The molecule has 0 atom stereocenters. The molecule has 17 heavy (non-hydrogen) atoms. The second kappa shape index (κ2) is 4.13. The van der Waals surface area contributed by atoms with Gasteiger partial charge in [-0.05, 0) is 12.1 Å². The molecule has 0 bridgehead atoms. The fraction of sp³-hybridized carbons (Fsp3) is 0.111. The van der Waals surface area contributed by atoms with Gasteiger partial charge in [0, 0.05) is 6.07 Å². The zero-order valence-electron chi connectivity index (χ0n) is 8.83. The van der Waals surface area contributed by atoms with Crippen LogP contribution in [0.5, 0.6) is 0 Å². The van der Waals surface area contributed by atoms with Crippen molar-refractivity contribution in [2.45, 2.75) is 0 Å². The Hall–Kier alpha value is -1.96. The maximum absolute atomic E-state index is 13.7. The van der Waals surface area contributed by atoms with Crippen molar-refractivity contribution < 1.29 is 12.8 Å². The van der Waals surface area contributed by atoms with Gasteiger partial charge in [-0.1, -0.05) is 0 Å². The lowest BCUT2D eigenvalue weighted by molar-refractivity contribution is 0.606. The van der Waals surface area contributed by atoms with Crippen LogP contribution in [0.2, 0.25) is 0 Å². The molecule has 0 aliphatic rings. The fourth-order valence-corrected chi connectivity index (χ4v) is 1.86. The summed E-state index contributed by atoms with van der Waals surface area (Å²) in [5, 5.41) is 3.78. The van der Waals surface area contributed by atoms with Crippen LogP contribution < -0.4 is 4.72 Å². The molecular weight excluding hydrogens is 247 g/mol. The van der Waals surface area contributed by atoms with Gasteiger partial charge in [-0.3, -0.25) is 4.72 Å². The lowest BCUT2D eigenvalue weighted by atomic mass is 10.3. The lowest BCUT2D eigenvalue weighted by Gasteiger charge is -2.06. The van der Waals surface area contributed by atoms with Crippen molar-refractivity contribution in [3.05, 3.63) is 36.7 Å². The average Bonchev–Trinajstić information content (AvgIpc) is 2.68. The molecule has 1 heterocycles. The molecule has 1 aromatic carbocycles. The Morgan fingerprint density at radius 2 is 2.18 bits per heavy atom. The highest BCUT2D eigenvalue weighted by Crippen LogP contribution is 2.17. The van der Waals surface area contributed by atoms with E-state index in [9.17, 15) is 12.8 Å². The maximum Gasteiger partial charge on any atom is 0.229 e. The third kappa shape index (κ3) is 2.78. The molecule has 0 fully saturated rings. The third-order valence-electron chi connectivity index (χ3n) is 1.92. The van der Waals surface area contributed by atoms with Gasteiger partial charge in [-0.2, -0.15) is 5.10 Å². The number of hydrogen-bond acceptors (Lipinski definition) is 4. The molecule has 6 nitrogen and oxygen atoms in total. The van der Waals surface area contributed by atoms with E-state index in [1.807, 2.05) is 0 Å². The largest absolute Gasteiger partial charge is 0.284 e. The first kappa shape index (κ1) is 11.5. The minimum atomic E-state index is -3.41. The molecule has 8 heteroatoms. The molecule has 0 aliphatic heterocycles. The van der Waals surface area contributed by atoms with Gasteiger partial charge in [0.2, 0.25) is 10.0 Å². The Bertz CT molecular complexity index is 624. The number of anilines is 1. The normalized spacial score (nSPS) is 11.4. The molecule has 2 aromatic rings. The summed E-state index contributed by atoms with van der Waals surface area (Å²) >= 11 is 0. The van der Waals surface area contributed by atoms with Crippen molar-refractivity contribution in [1.29, 1.82) is 0 Å². The first-order valence-corrected chi connectivity index (χ1v) is 6.47. The number of rotatable bonds is 3. The number of hydrogen-bond donors (Lipinski definition) is 1. The zero-order chi connectivity index (χ0) is 12.5. The topological polar surface area (TPSA) is 76.9 Å². The van der Waals surface area contributed by atoms with Crippen molar-refractivity contribution in [3.63, 3.8) is 0 Å². The van der Waals surface area contributed by atoms with Crippen LogP contribution >= 0.6 is 0 Å². The van der Waals surface area contributed by atoms with E-state index in [0.717, 1.165) is 12.3 Å². The van der Waals surface area contributed by atoms with Gasteiger partial charge < -0.3 is 0 Å². The van der Waals surface area contributed by atoms with E-state index in [2.05, 4.69) is 14.8 Å². The van der Waals surface area contributed by atoms with Crippen LogP contribution in [0.3, 0.4) is 0 Å². The van der Waals surface area contributed by atoms with E-state index >= 15 is 0 Å². The molecule has 90 valence electrons. The van der Waals surface area contributed by atoms with Crippen LogP contribution in [-0.4, -0.2) is 29.4 Å². The van der Waals surface area contributed by atoms with Crippen LogP contribution in [0.4, 0.5) is 10.1 Å². The summed E-state index contributed by atoms with van der Waals surface area (Å²) in [6.45, 7) is 0.